The van der Waals surface area contributed by atoms with E-state index in [0.29, 0.717) is 18.4 Å². The van der Waals surface area contributed by atoms with Crippen LogP contribution in [0.5, 0.6) is 0 Å². The van der Waals surface area contributed by atoms with E-state index in [2.05, 4.69) is 58.1 Å². The van der Waals surface area contributed by atoms with Gasteiger partial charge in [-0.1, -0.05) is 44.2 Å². The summed E-state index contributed by atoms with van der Waals surface area (Å²) in [4.78, 5) is 47.5. The van der Waals surface area contributed by atoms with E-state index in [-0.39, 0.29) is 23.8 Å². The minimum absolute atomic E-state index is 0.0716. The SMILES string of the molecule is COC(=O)NC(C(=O)N1CCCC1c1nc2ccc(-c3ccc(-c4ccc(NC(C)=O)cc4)c4c3C3CCC3C4)cc2[nH]1)C(C)C. The maximum Gasteiger partial charge on any atom is 0.407 e. The topological polar surface area (TPSA) is 116 Å². The molecule has 2 heterocycles. The number of anilines is 1. The Morgan fingerprint density at radius 2 is 1.74 bits per heavy atom. The van der Waals surface area contributed by atoms with Crippen molar-refractivity contribution in [1.29, 1.82) is 0 Å². The number of nitrogens with zero attached hydrogens (tertiary/aromatic N) is 2. The predicted molar refractivity (Wildman–Crippen MR) is 178 cm³/mol. The van der Waals surface area contributed by atoms with Crippen LogP contribution in [0.15, 0.2) is 54.6 Å². The van der Waals surface area contributed by atoms with Crippen LogP contribution in [0, 0.1) is 11.8 Å². The fourth-order valence-corrected chi connectivity index (χ4v) is 7.77. The van der Waals surface area contributed by atoms with Gasteiger partial charge in [0.15, 0.2) is 0 Å². The van der Waals surface area contributed by atoms with Gasteiger partial charge in [-0.15, -0.1) is 0 Å². The van der Waals surface area contributed by atoms with Gasteiger partial charge in [0.25, 0.3) is 0 Å². The highest BCUT2D eigenvalue weighted by Crippen LogP contribution is 2.56. The first-order valence-electron chi connectivity index (χ1n) is 16.4. The lowest BCUT2D eigenvalue weighted by atomic mass is 9.73. The molecule has 46 heavy (non-hydrogen) atoms. The number of hydrogen-bond donors (Lipinski definition) is 3. The highest BCUT2D eigenvalue weighted by molar-refractivity contribution is 5.90. The fraction of sp³-hybridized carbons (Fsp3) is 0.405. The number of aromatic amines is 1. The van der Waals surface area contributed by atoms with Crippen LogP contribution in [0.4, 0.5) is 10.5 Å². The third-order valence-corrected chi connectivity index (χ3v) is 10.2. The second kappa shape index (κ2) is 11.9. The molecular weight excluding hydrogens is 578 g/mol. The van der Waals surface area contributed by atoms with E-state index >= 15 is 0 Å². The molecule has 9 nitrogen and oxygen atoms in total. The molecule has 4 aromatic rings. The summed E-state index contributed by atoms with van der Waals surface area (Å²) in [7, 11) is 1.31. The molecule has 2 aliphatic carbocycles. The minimum atomic E-state index is -0.667. The molecule has 0 bridgehead atoms. The van der Waals surface area contributed by atoms with Crippen LogP contribution in [0.1, 0.15) is 75.4 Å². The number of carbonyl (C=O) groups excluding carboxylic acids is 3. The number of alkyl carbamates (subject to hydrolysis) is 1. The number of nitrogens with one attached hydrogen (secondary N) is 3. The number of aromatic nitrogens is 2. The van der Waals surface area contributed by atoms with Crippen LogP contribution in [-0.4, -0.2) is 52.5 Å². The Bertz CT molecular complexity index is 1830. The molecule has 1 saturated carbocycles. The number of ether oxygens (including phenoxy) is 1. The van der Waals surface area contributed by atoms with Gasteiger partial charge in [-0.25, -0.2) is 9.78 Å². The van der Waals surface area contributed by atoms with Crippen LogP contribution in [0.25, 0.3) is 33.3 Å². The predicted octanol–water partition coefficient (Wildman–Crippen LogP) is 6.95. The second-order valence-corrected chi connectivity index (χ2v) is 13.4. The fourth-order valence-electron chi connectivity index (χ4n) is 7.77. The van der Waals surface area contributed by atoms with Gasteiger partial charge in [-0.2, -0.15) is 0 Å². The standard InChI is InChI=1S/C37H41N5O4/c1-20(2)34(41-37(45)46-4)36(44)42-17-5-6-32(42)35-39-30-16-10-24(19-31(30)40-35)28-15-14-26(29-18-23-9-13-27(23)33(28)29)22-7-11-25(12-8-22)38-21(3)43/h7-8,10-12,14-16,19-20,23,27,32,34H,5-6,9,13,17-18H2,1-4H3,(H,38,43)(H,39,40)(H,41,45). The third kappa shape index (κ3) is 5.31. The Morgan fingerprint density at radius 1 is 0.978 bits per heavy atom. The molecule has 7 rings (SSSR count). The van der Waals surface area contributed by atoms with Crippen LogP contribution >= 0.6 is 0 Å². The van der Waals surface area contributed by atoms with Crippen LogP contribution in [-0.2, 0) is 20.7 Å². The van der Waals surface area contributed by atoms with E-state index in [9.17, 15) is 14.4 Å². The first kappa shape index (κ1) is 30.0. The Labute approximate surface area is 269 Å². The first-order chi connectivity index (χ1) is 22.2. The zero-order valence-electron chi connectivity index (χ0n) is 26.9. The van der Waals surface area contributed by atoms with Crippen molar-refractivity contribution in [2.45, 2.75) is 70.9 Å². The number of fused-ring (bicyclic) bond motifs is 4. The van der Waals surface area contributed by atoms with E-state index in [1.165, 1.54) is 60.3 Å². The number of carbonyl (C=O) groups is 3. The molecule has 1 saturated heterocycles. The smallest absolute Gasteiger partial charge is 0.407 e. The van der Waals surface area contributed by atoms with Crippen molar-refractivity contribution in [3.8, 4) is 22.3 Å². The quantitative estimate of drug-likeness (QED) is 0.207. The van der Waals surface area contributed by atoms with E-state index in [4.69, 9.17) is 9.72 Å². The average molecular weight is 620 g/mol. The summed E-state index contributed by atoms with van der Waals surface area (Å²) >= 11 is 0. The molecule has 0 spiro atoms. The average Bonchev–Trinajstić information content (AvgIpc) is 3.74. The molecule has 3 amide bonds. The summed E-state index contributed by atoms with van der Waals surface area (Å²) in [5.74, 6) is 1.79. The Kier molecular flexibility index (Phi) is 7.79. The lowest BCUT2D eigenvalue weighted by Crippen LogP contribution is -2.51. The summed E-state index contributed by atoms with van der Waals surface area (Å²) in [6, 6.07) is 18.3. The number of rotatable bonds is 7. The van der Waals surface area contributed by atoms with Crippen LogP contribution in [0.2, 0.25) is 0 Å². The molecule has 2 fully saturated rings. The van der Waals surface area contributed by atoms with E-state index in [0.717, 1.165) is 41.8 Å². The van der Waals surface area contributed by atoms with Gasteiger partial charge in [0, 0.05) is 19.2 Å². The van der Waals surface area contributed by atoms with Crippen molar-refractivity contribution in [2.24, 2.45) is 11.8 Å². The molecule has 0 radical (unpaired) electrons. The Balaban J connectivity index is 1.19. The molecule has 3 aromatic carbocycles. The molecule has 1 aromatic heterocycles. The van der Waals surface area contributed by atoms with Gasteiger partial charge in [0.2, 0.25) is 11.8 Å². The Hall–Kier alpha value is -4.66. The highest BCUT2D eigenvalue weighted by atomic mass is 16.5. The highest BCUT2D eigenvalue weighted by Gasteiger charge is 2.42. The first-order valence-corrected chi connectivity index (χ1v) is 16.4. The number of imidazole rings is 1. The number of benzene rings is 3. The van der Waals surface area contributed by atoms with Gasteiger partial charge in [0.05, 0.1) is 24.2 Å². The Morgan fingerprint density at radius 3 is 2.43 bits per heavy atom. The summed E-state index contributed by atoms with van der Waals surface area (Å²) in [6.45, 7) is 5.99. The molecule has 9 heteroatoms. The maximum atomic E-state index is 13.6. The molecule has 4 atom stereocenters. The summed E-state index contributed by atoms with van der Waals surface area (Å²) < 4.78 is 4.78. The number of hydrogen-bond acceptors (Lipinski definition) is 5. The number of H-pyrrole nitrogens is 1. The van der Waals surface area contributed by atoms with E-state index in [1.807, 2.05) is 30.9 Å². The van der Waals surface area contributed by atoms with Gasteiger partial charge >= 0.3 is 6.09 Å². The zero-order chi connectivity index (χ0) is 32.1. The lowest BCUT2D eigenvalue weighted by Gasteiger charge is -2.31. The third-order valence-electron chi connectivity index (χ3n) is 10.2. The van der Waals surface area contributed by atoms with Crippen molar-refractivity contribution in [3.63, 3.8) is 0 Å². The largest absolute Gasteiger partial charge is 0.453 e. The van der Waals surface area contributed by atoms with Crippen molar-refractivity contribution in [2.75, 3.05) is 19.0 Å². The van der Waals surface area contributed by atoms with Gasteiger partial charge < -0.3 is 25.3 Å². The van der Waals surface area contributed by atoms with Gasteiger partial charge in [-0.3, -0.25) is 9.59 Å². The van der Waals surface area contributed by atoms with Crippen molar-refractivity contribution in [1.82, 2.24) is 20.2 Å². The van der Waals surface area contributed by atoms with Crippen molar-refractivity contribution in [3.05, 3.63) is 71.5 Å². The van der Waals surface area contributed by atoms with E-state index < -0.39 is 12.1 Å². The lowest BCUT2D eigenvalue weighted by molar-refractivity contribution is -0.135. The van der Waals surface area contributed by atoms with E-state index in [1.54, 1.807) is 0 Å². The zero-order valence-corrected chi connectivity index (χ0v) is 26.9. The molecular formula is C37H41N5O4. The number of methoxy groups -OCH3 is 1. The molecule has 3 N–H and O–H groups in total. The summed E-state index contributed by atoms with van der Waals surface area (Å²) in [6.07, 6.45) is 4.67. The van der Waals surface area contributed by atoms with Gasteiger partial charge in [0.1, 0.15) is 11.9 Å². The monoisotopic (exact) mass is 619 g/mol. The van der Waals surface area contributed by atoms with Gasteiger partial charge in [-0.05, 0) is 108 Å². The normalized spacial score (nSPS) is 20.6. The van der Waals surface area contributed by atoms with Crippen molar-refractivity contribution >= 4 is 34.6 Å². The number of likely N-dealkylation sites (tertiary alicyclic amines) is 1. The molecule has 238 valence electrons. The van der Waals surface area contributed by atoms with Crippen molar-refractivity contribution < 1.29 is 19.1 Å². The molecule has 3 aliphatic rings. The molecule has 4 unspecified atom stereocenters. The summed E-state index contributed by atoms with van der Waals surface area (Å²) in [5, 5.41) is 5.59. The minimum Gasteiger partial charge on any atom is -0.453 e. The molecule has 1 aliphatic heterocycles. The summed E-state index contributed by atoms with van der Waals surface area (Å²) in [5.41, 5.74) is 10.5. The van der Waals surface area contributed by atoms with Crippen LogP contribution in [0.3, 0.4) is 0 Å². The second-order valence-electron chi connectivity index (χ2n) is 13.4. The number of amides is 3. The maximum absolute atomic E-state index is 13.6. The van der Waals surface area contributed by atoms with Crippen LogP contribution < -0.4 is 10.6 Å².